The lowest BCUT2D eigenvalue weighted by atomic mass is 10.1. The zero-order chi connectivity index (χ0) is 21.9. The van der Waals surface area contributed by atoms with E-state index in [1.807, 2.05) is 13.2 Å². The molecule has 0 unspecified atom stereocenters. The Bertz CT molecular complexity index is 1120. The Hall–Kier alpha value is -3.50. The summed E-state index contributed by atoms with van der Waals surface area (Å²) < 4.78 is 0. The molecule has 0 atom stereocenters. The number of nitriles is 1. The summed E-state index contributed by atoms with van der Waals surface area (Å²) in [5, 5.41) is 15.8. The van der Waals surface area contributed by atoms with Crippen LogP contribution in [0.4, 0.5) is 17.5 Å². The maximum atomic E-state index is 9.15. The number of hydrogen-bond donors (Lipinski definition) is 2. The van der Waals surface area contributed by atoms with Crippen molar-refractivity contribution in [3.63, 3.8) is 0 Å². The molecule has 162 valence electrons. The summed E-state index contributed by atoms with van der Waals surface area (Å²) in [6.07, 6.45) is 8.27. The molecule has 1 aliphatic carbocycles. The van der Waals surface area contributed by atoms with Crippen molar-refractivity contribution in [1.82, 2.24) is 20.3 Å². The Labute approximate surface area is 188 Å². The predicted octanol–water partition coefficient (Wildman–Crippen LogP) is 4.22. The molecule has 0 aromatic carbocycles. The predicted molar refractivity (Wildman–Crippen MR) is 126 cm³/mol. The third-order valence-corrected chi connectivity index (χ3v) is 6.31. The van der Waals surface area contributed by atoms with Gasteiger partial charge in [-0.15, -0.1) is 0 Å². The molecule has 0 amide bonds. The Kier molecular flexibility index (Phi) is 5.70. The molecule has 2 aliphatic rings. The van der Waals surface area contributed by atoms with Gasteiger partial charge in [0.2, 0.25) is 0 Å². The molecule has 5 rings (SSSR count). The number of nitrogens with zero attached hydrogens (tertiary/aromatic N) is 5. The van der Waals surface area contributed by atoms with E-state index in [1.165, 1.54) is 18.4 Å². The summed E-state index contributed by atoms with van der Waals surface area (Å²) in [7, 11) is 2.04. The third-order valence-electron chi connectivity index (χ3n) is 6.31. The van der Waals surface area contributed by atoms with E-state index in [9.17, 15) is 0 Å². The highest BCUT2D eigenvalue weighted by atomic mass is 15.2. The first-order chi connectivity index (χ1) is 15.7. The van der Waals surface area contributed by atoms with Crippen LogP contribution in [-0.4, -0.2) is 41.1 Å². The zero-order valence-corrected chi connectivity index (χ0v) is 18.3. The molecular weight excluding hydrogens is 398 g/mol. The number of pyridine rings is 3. The van der Waals surface area contributed by atoms with Crippen LogP contribution in [0.1, 0.15) is 42.7 Å². The molecule has 4 heterocycles. The summed E-state index contributed by atoms with van der Waals surface area (Å²) in [5.74, 6) is 2.98. The van der Waals surface area contributed by atoms with Gasteiger partial charge in [0.25, 0.3) is 0 Å². The summed E-state index contributed by atoms with van der Waals surface area (Å²) >= 11 is 0. The van der Waals surface area contributed by atoms with Crippen molar-refractivity contribution >= 4 is 17.5 Å². The molecule has 7 heteroatoms. The highest BCUT2D eigenvalue weighted by Crippen LogP contribution is 2.42. The molecule has 1 saturated heterocycles. The summed E-state index contributed by atoms with van der Waals surface area (Å²) in [6, 6.07) is 14.7. The van der Waals surface area contributed by atoms with E-state index in [4.69, 9.17) is 15.2 Å². The van der Waals surface area contributed by atoms with Crippen LogP contribution in [0, 0.1) is 11.3 Å². The van der Waals surface area contributed by atoms with Crippen LogP contribution in [0.5, 0.6) is 0 Å². The van der Waals surface area contributed by atoms with E-state index in [1.54, 1.807) is 18.3 Å². The maximum Gasteiger partial charge on any atom is 0.132 e. The largest absolute Gasteiger partial charge is 0.357 e. The molecule has 3 aromatic rings. The van der Waals surface area contributed by atoms with Crippen molar-refractivity contribution in [1.29, 1.82) is 5.26 Å². The SMILES string of the molecule is CNC1CCN(c2ccc(-c3cc(C4CC4)cc(Nc4cc(C#N)ccn4)n3)cn2)CC1. The summed E-state index contributed by atoms with van der Waals surface area (Å²) in [6.45, 7) is 2.05. The van der Waals surface area contributed by atoms with Crippen LogP contribution in [0.25, 0.3) is 11.3 Å². The topological polar surface area (TPSA) is 89.8 Å². The smallest absolute Gasteiger partial charge is 0.132 e. The van der Waals surface area contributed by atoms with Crippen molar-refractivity contribution in [3.8, 4) is 17.3 Å². The van der Waals surface area contributed by atoms with Gasteiger partial charge in [-0.1, -0.05) is 0 Å². The number of nitrogens with one attached hydrogen (secondary N) is 2. The number of anilines is 3. The monoisotopic (exact) mass is 425 g/mol. The fourth-order valence-corrected chi connectivity index (χ4v) is 4.24. The zero-order valence-electron chi connectivity index (χ0n) is 18.3. The lowest BCUT2D eigenvalue weighted by molar-refractivity contribution is 0.441. The first-order valence-electron chi connectivity index (χ1n) is 11.3. The summed E-state index contributed by atoms with van der Waals surface area (Å²) in [5.41, 5.74) is 3.76. The van der Waals surface area contributed by atoms with Gasteiger partial charge in [0.05, 0.1) is 17.3 Å². The first kappa shape index (κ1) is 20.4. The maximum absolute atomic E-state index is 9.15. The molecule has 0 radical (unpaired) electrons. The number of rotatable bonds is 6. The molecular formula is C25H27N7. The van der Waals surface area contributed by atoms with Crippen LogP contribution in [0.15, 0.2) is 48.8 Å². The lowest BCUT2D eigenvalue weighted by Crippen LogP contribution is -2.41. The minimum absolute atomic E-state index is 0.569. The molecule has 1 saturated carbocycles. The van der Waals surface area contributed by atoms with E-state index >= 15 is 0 Å². The second-order valence-corrected chi connectivity index (χ2v) is 8.57. The molecule has 3 aromatic heterocycles. The second kappa shape index (κ2) is 8.93. The van der Waals surface area contributed by atoms with Gasteiger partial charge >= 0.3 is 0 Å². The van der Waals surface area contributed by atoms with Crippen LogP contribution in [0.3, 0.4) is 0 Å². The van der Waals surface area contributed by atoms with Crippen molar-refractivity contribution in [2.24, 2.45) is 0 Å². The van der Waals surface area contributed by atoms with Crippen LogP contribution in [-0.2, 0) is 0 Å². The average molecular weight is 426 g/mol. The molecule has 7 nitrogen and oxygen atoms in total. The van der Waals surface area contributed by atoms with Crippen LogP contribution < -0.4 is 15.5 Å². The fourth-order valence-electron chi connectivity index (χ4n) is 4.24. The molecule has 0 bridgehead atoms. The molecule has 1 aliphatic heterocycles. The van der Waals surface area contributed by atoms with Crippen LogP contribution in [0.2, 0.25) is 0 Å². The minimum Gasteiger partial charge on any atom is -0.357 e. The number of hydrogen-bond acceptors (Lipinski definition) is 7. The number of aromatic nitrogens is 3. The van der Waals surface area contributed by atoms with E-state index in [0.717, 1.165) is 48.8 Å². The van der Waals surface area contributed by atoms with E-state index in [2.05, 4.69) is 50.9 Å². The van der Waals surface area contributed by atoms with Gasteiger partial charge in [-0.05, 0) is 80.6 Å². The highest BCUT2D eigenvalue weighted by Gasteiger charge is 2.25. The Morgan fingerprint density at radius 1 is 1.00 bits per heavy atom. The standard InChI is InChI=1S/C25H27N7/c1-27-21-7-10-32(11-8-21)25-5-4-19(16-29-25)22-13-20(18-2-3-18)14-24(30-22)31-23-12-17(15-26)6-9-28-23/h4-6,9,12-14,16,18,21,27H,2-3,7-8,10-11H2,1H3,(H,28,30,31). The van der Waals surface area contributed by atoms with Gasteiger partial charge in [-0.3, -0.25) is 0 Å². The minimum atomic E-state index is 0.569. The summed E-state index contributed by atoms with van der Waals surface area (Å²) in [4.78, 5) is 16.3. The quantitative estimate of drug-likeness (QED) is 0.611. The third kappa shape index (κ3) is 4.56. The van der Waals surface area contributed by atoms with Gasteiger partial charge in [0.15, 0.2) is 0 Å². The Morgan fingerprint density at radius 3 is 2.53 bits per heavy atom. The average Bonchev–Trinajstić information content (AvgIpc) is 3.70. The van der Waals surface area contributed by atoms with Crippen molar-refractivity contribution < 1.29 is 0 Å². The van der Waals surface area contributed by atoms with Crippen molar-refractivity contribution in [2.75, 3.05) is 30.4 Å². The number of piperidine rings is 1. The Morgan fingerprint density at radius 2 is 1.84 bits per heavy atom. The second-order valence-electron chi connectivity index (χ2n) is 8.57. The van der Waals surface area contributed by atoms with Gasteiger partial charge in [-0.2, -0.15) is 5.26 Å². The van der Waals surface area contributed by atoms with Gasteiger partial charge in [0.1, 0.15) is 17.5 Å². The molecule has 0 spiro atoms. The molecule has 32 heavy (non-hydrogen) atoms. The lowest BCUT2D eigenvalue weighted by Gasteiger charge is -2.32. The van der Waals surface area contributed by atoms with E-state index in [0.29, 0.717) is 23.3 Å². The van der Waals surface area contributed by atoms with Crippen molar-refractivity contribution in [2.45, 2.75) is 37.6 Å². The fraction of sp³-hybridized carbons (Fsp3) is 0.360. The van der Waals surface area contributed by atoms with E-state index in [-0.39, 0.29) is 0 Å². The molecule has 2 N–H and O–H groups in total. The van der Waals surface area contributed by atoms with Crippen molar-refractivity contribution in [3.05, 3.63) is 59.9 Å². The highest BCUT2D eigenvalue weighted by molar-refractivity contribution is 5.66. The van der Waals surface area contributed by atoms with Gasteiger partial charge in [0, 0.05) is 37.1 Å². The normalized spacial score (nSPS) is 16.6. The van der Waals surface area contributed by atoms with Crippen LogP contribution >= 0.6 is 0 Å². The van der Waals surface area contributed by atoms with Gasteiger partial charge < -0.3 is 15.5 Å². The molecule has 2 fully saturated rings. The Balaban J connectivity index is 1.38. The van der Waals surface area contributed by atoms with E-state index < -0.39 is 0 Å². The first-order valence-corrected chi connectivity index (χ1v) is 11.3. The van der Waals surface area contributed by atoms with Gasteiger partial charge in [-0.25, -0.2) is 15.0 Å².